The van der Waals surface area contributed by atoms with E-state index in [-0.39, 0.29) is 11.3 Å². The molecule has 8 heteroatoms. The highest BCUT2D eigenvalue weighted by Crippen LogP contribution is 2.37. The Morgan fingerprint density at radius 3 is 2.68 bits per heavy atom. The Balaban J connectivity index is 1.64. The van der Waals surface area contributed by atoms with Gasteiger partial charge in [-0.05, 0) is 24.3 Å². The van der Waals surface area contributed by atoms with E-state index in [9.17, 15) is 14.7 Å². The molecule has 1 amide bonds. The van der Waals surface area contributed by atoms with Crippen LogP contribution in [0.5, 0.6) is 0 Å². The lowest BCUT2D eigenvalue weighted by atomic mass is 9.98. The number of aromatic nitrogens is 1. The van der Waals surface area contributed by atoms with Crippen molar-refractivity contribution in [1.29, 1.82) is 0 Å². The molecule has 0 bridgehead atoms. The second-order valence-electron chi connectivity index (χ2n) is 6.68. The summed E-state index contributed by atoms with van der Waals surface area (Å²) in [5.74, 6) is -1.55. The average Bonchev–Trinajstić information content (AvgIpc) is 3.36. The first-order valence-corrected chi connectivity index (χ1v) is 9.20. The Hall–Kier alpha value is -2.97. The molecule has 4 heterocycles. The Bertz CT molecular complexity index is 873. The molecule has 0 radical (unpaired) electrons. The van der Waals surface area contributed by atoms with Crippen LogP contribution < -0.4 is 0 Å². The fourth-order valence-electron chi connectivity index (χ4n) is 3.58. The Morgan fingerprint density at radius 2 is 2.00 bits per heavy atom. The highest BCUT2D eigenvalue weighted by Gasteiger charge is 2.45. The fraction of sp³-hybridized carbons (Fsp3) is 0.350. The zero-order chi connectivity index (χ0) is 19.5. The van der Waals surface area contributed by atoms with Gasteiger partial charge in [-0.1, -0.05) is 6.07 Å². The minimum Gasteiger partial charge on any atom is -0.503 e. The van der Waals surface area contributed by atoms with Gasteiger partial charge in [0.15, 0.2) is 11.5 Å². The number of amides is 1. The smallest absolute Gasteiger partial charge is 0.290 e. The van der Waals surface area contributed by atoms with Gasteiger partial charge >= 0.3 is 0 Å². The topological polar surface area (TPSA) is 96.1 Å². The molecule has 0 spiro atoms. The number of aliphatic hydroxyl groups excluding tert-OH is 1. The monoisotopic (exact) mass is 383 g/mol. The van der Waals surface area contributed by atoms with Crippen molar-refractivity contribution in [1.82, 2.24) is 14.8 Å². The third kappa shape index (κ3) is 3.44. The summed E-state index contributed by atoms with van der Waals surface area (Å²) in [5.41, 5.74) is 0.525. The van der Waals surface area contributed by atoms with Gasteiger partial charge in [0.25, 0.3) is 5.91 Å². The van der Waals surface area contributed by atoms with Crippen molar-refractivity contribution >= 4 is 11.7 Å². The van der Waals surface area contributed by atoms with Crippen LogP contribution in [0.1, 0.15) is 22.3 Å². The lowest BCUT2D eigenvalue weighted by molar-refractivity contribution is -0.129. The number of furan rings is 1. The van der Waals surface area contributed by atoms with Gasteiger partial charge in [0.05, 0.1) is 30.7 Å². The Morgan fingerprint density at radius 1 is 1.18 bits per heavy atom. The summed E-state index contributed by atoms with van der Waals surface area (Å²) in [5, 5.41) is 10.5. The number of ether oxygens (including phenoxy) is 1. The summed E-state index contributed by atoms with van der Waals surface area (Å²) < 4.78 is 10.6. The summed E-state index contributed by atoms with van der Waals surface area (Å²) in [6.45, 7) is 3.86. The molecule has 4 rings (SSSR count). The third-order valence-corrected chi connectivity index (χ3v) is 5.02. The maximum atomic E-state index is 13.0. The minimum absolute atomic E-state index is 0.000581. The SMILES string of the molecule is O=C(C1=C(O)C(=O)N(CCN2CCOCC2)[C@@H]1c1ccccn1)c1ccco1. The molecule has 2 aromatic heterocycles. The minimum atomic E-state index is -0.757. The van der Waals surface area contributed by atoms with Crippen LogP contribution in [0.25, 0.3) is 0 Å². The number of ketones is 1. The van der Waals surface area contributed by atoms with Crippen molar-refractivity contribution in [3.05, 3.63) is 65.6 Å². The molecule has 28 heavy (non-hydrogen) atoms. The predicted octanol–water partition coefficient (Wildman–Crippen LogP) is 1.59. The maximum Gasteiger partial charge on any atom is 0.290 e. The quantitative estimate of drug-likeness (QED) is 0.757. The second-order valence-corrected chi connectivity index (χ2v) is 6.68. The van der Waals surface area contributed by atoms with E-state index in [1.165, 1.54) is 17.2 Å². The molecule has 1 atom stereocenters. The van der Waals surface area contributed by atoms with Gasteiger partial charge in [0.2, 0.25) is 5.78 Å². The first-order valence-electron chi connectivity index (χ1n) is 9.20. The number of hydrogen-bond donors (Lipinski definition) is 1. The molecule has 0 aliphatic carbocycles. The van der Waals surface area contributed by atoms with E-state index < -0.39 is 23.5 Å². The predicted molar refractivity (Wildman–Crippen MR) is 98.6 cm³/mol. The fourth-order valence-corrected chi connectivity index (χ4v) is 3.58. The molecular weight excluding hydrogens is 362 g/mol. The number of carbonyl (C=O) groups excluding carboxylic acids is 2. The van der Waals surface area contributed by atoms with Gasteiger partial charge < -0.3 is 19.2 Å². The van der Waals surface area contributed by atoms with Crippen molar-refractivity contribution in [2.45, 2.75) is 6.04 Å². The third-order valence-electron chi connectivity index (χ3n) is 5.02. The number of nitrogens with zero attached hydrogens (tertiary/aromatic N) is 3. The molecule has 0 saturated carbocycles. The van der Waals surface area contributed by atoms with E-state index in [0.717, 1.165) is 13.1 Å². The van der Waals surface area contributed by atoms with Gasteiger partial charge in [-0.15, -0.1) is 0 Å². The van der Waals surface area contributed by atoms with Crippen LogP contribution >= 0.6 is 0 Å². The number of pyridine rings is 1. The van der Waals surface area contributed by atoms with Crippen LogP contribution in [-0.2, 0) is 9.53 Å². The number of carbonyl (C=O) groups is 2. The number of morpholine rings is 1. The summed E-state index contributed by atoms with van der Waals surface area (Å²) >= 11 is 0. The van der Waals surface area contributed by atoms with E-state index in [2.05, 4.69) is 9.88 Å². The molecular formula is C20H21N3O5. The second kappa shape index (κ2) is 7.95. The van der Waals surface area contributed by atoms with Gasteiger partial charge in [0.1, 0.15) is 6.04 Å². The van der Waals surface area contributed by atoms with Crippen LogP contribution in [-0.4, -0.2) is 71.0 Å². The number of hydrogen-bond acceptors (Lipinski definition) is 7. The van der Waals surface area contributed by atoms with Gasteiger partial charge in [-0.25, -0.2) is 0 Å². The highest BCUT2D eigenvalue weighted by atomic mass is 16.5. The van der Waals surface area contributed by atoms with E-state index >= 15 is 0 Å². The summed E-state index contributed by atoms with van der Waals surface area (Å²) in [6, 6.07) is 7.64. The van der Waals surface area contributed by atoms with E-state index in [1.807, 2.05) is 0 Å². The summed E-state index contributed by atoms with van der Waals surface area (Å²) in [7, 11) is 0. The molecule has 146 valence electrons. The summed E-state index contributed by atoms with van der Waals surface area (Å²) in [6.07, 6.45) is 2.98. The van der Waals surface area contributed by atoms with Crippen molar-refractivity contribution in [3.63, 3.8) is 0 Å². The van der Waals surface area contributed by atoms with E-state index in [1.54, 1.807) is 30.5 Å². The van der Waals surface area contributed by atoms with Crippen molar-refractivity contribution < 1.29 is 23.8 Å². The molecule has 1 saturated heterocycles. The van der Waals surface area contributed by atoms with Crippen LogP contribution in [0.15, 0.2) is 58.5 Å². The number of Topliss-reactive ketones (excluding diaryl/α,β-unsaturated/α-hetero) is 1. The van der Waals surface area contributed by atoms with Gasteiger partial charge in [0, 0.05) is 32.4 Å². The number of rotatable bonds is 6. The standard InChI is InChI=1S/C20H21N3O5/c24-18(15-5-3-11-28-15)16-17(14-4-1-2-6-21-14)23(20(26)19(16)25)8-7-22-9-12-27-13-10-22/h1-6,11,17,25H,7-10,12-13H2/t17-/m1/s1. The van der Waals surface area contributed by atoms with Gasteiger partial charge in [-0.2, -0.15) is 0 Å². The van der Waals surface area contributed by atoms with Crippen molar-refractivity contribution in [3.8, 4) is 0 Å². The Kier molecular flexibility index (Phi) is 5.23. The Labute approximate surface area is 162 Å². The van der Waals surface area contributed by atoms with Gasteiger partial charge in [-0.3, -0.25) is 19.5 Å². The first-order chi connectivity index (χ1) is 13.7. The maximum absolute atomic E-state index is 13.0. The largest absolute Gasteiger partial charge is 0.503 e. The first kappa shape index (κ1) is 18.4. The van der Waals surface area contributed by atoms with Crippen LogP contribution in [0.2, 0.25) is 0 Å². The zero-order valence-electron chi connectivity index (χ0n) is 15.3. The molecule has 2 aliphatic rings. The van der Waals surface area contributed by atoms with E-state index in [0.29, 0.717) is 32.0 Å². The molecule has 0 unspecified atom stereocenters. The van der Waals surface area contributed by atoms with Crippen molar-refractivity contribution in [2.75, 3.05) is 39.4 Å². The van der Waals surface area contributed by atoms with Crippen LogP contribution in [0.4, 0.5) is 0 Å². The molecule has 8 nitrogen and oxygen atoms in total. The molecule has 0 aromatic carbocycles. The van der Waals surface area contributed by atoms with Crippen LogP contribution in [0.3, 0.4) is 0 Å². The van der Waals surface area contributed by atoms with Crippen LogP contribution in [0, 0.1) is 0 Å². The van der Waals surface area contributed by atoms with Crippen molar-refractivity contribution in [2.24, 2.45) is 0 Å². The molecule has 1 N–H and O–H groups in total. The van der Waals surface area contributed by atoms with E-state index in [4.69, 9.17) is 9.15 Å². The highest BCUT2D eigenvalue weighted by molar-refractivity contribution is 6.14. The average molecular weight is 383 g/mol. The lowest BCUT2D eigenvalue weighted by Gasteiger charge is -2.31. The summed E-state index contributed by atoms with van der Waals surface area (Å²) in [4.78, 5) is 33.8. The zero-order valence-corrected chi connectivity index (χ0v) is 15.3. The lowest BCUT2D eigenvalue weighted by Crippen LogP contribution is -2.43. The normalized spacial score (nSPS) is 20.8. The number of aliphatic hydroxyl groups is 1. The molecule has 1 fully saturated rings. The molecule has 2 aromatic rings. The molecule has 2 aliphatic heterocycles.